The first-order valence-corrected chi connectivity index (χ1v) is 6.39. The van der Waals surface area contributed by atoms with E-state index >= 15 is 0 Å². The normalized spacial score (nSPS) is 17.7. The molecule has 1 aliphatic heterocycles. The van der Waals surface area contributed by atoms with Crippen LogP contribution in [0.5, 0.6) is 0 Å². The Morgan fingerprint density at radius 2 is 1.95 bits per heavy atom. The van der Waals surface area contributed by atoms with E-state index in [1.165, 1.54) is 19.1 Å². The highest BCUT2D eigenvalue weighted by molar-refractivity contribution is 5.91. The molecule has 1 amide bonds. The van der Waals surface area contributed by atoms with Gasteiger partial charge in [0, 0.05) is 6.20 Å². The molecule has 0 saturated heterocycles. The van der Waals surface area contributed by atoms with E-state index in [-0.39, 0.29) is 6.04 Å². The molecule has 0 radical (unpaired) electrons. The number of benzene rings is 1. The van der Waals surface area contributed by atoms with Crippen LogP contribution in [0, 0.1) is 0 Å². The second kappa shape index (κ2) is 6.23. The maximum Gasteiger partial charge on any atom is 0.414 e. The van der Waals surface area contributed by atoms with Crippen LogP contribution in [0.25, 0.3) is 0 Å². The van der Waals surface area contributed by atoms with E-state index in [9.17, 15) is 9.59 Å². The lowest BCUT2D eigenvalue weighted by molar-refractivity contribution is 0.0595. The molecule has 1 aromatic rings. The highest BCUT2D eigenvalue weighted by Crippen LogP contribution is 2.32. The maximum absolute atomic E-state index is 11.8. The number of nitrogens with zero attached hydrogens (tertiary/aromatic N) is 1. The van der Waals surface area contributed by atoms with Gasteiger partial charge in [0.25, 0.3) is 0 Å². The molecule has 1 unspecified atom stereocenters. The van der Waals surface area contributed by atoms with Crippen LogP contribution in [0.1, 0.15) is 34.8 Å². The highest BCUT2D eigenvalue weighted by atomic mass is 16.5. The van der Waals surface area contributed by atoms with Gasteiger partial charge in [0.1, 0.15) is 0 Å². The fourth-order valence-electron chi connectivity index (χ4n) is 2.37. The van der Waals surface area contributed by atoms with Crippen molar-refractivity contribution in [3.63, 3.8) is 0 Å². The lowest BCUT2D eigenvalue weighted by atomic mass is 9.94. The number of carbonyl (C=O) groups is 2. The van der Waals surface area contributed by atoms with Gasteiger partial charge < -0.3 is 9.47 Å². The van der Waals surface area contributed by atoms with Crippen LogP contribution in [-0.4, -0.2) is 31.2 Å². The molecule has 20 heavy (non-hydrogen) atoms. The van der Waals surface area contributed by atoms with Crippen LogP contribution < -0.4 is 0 Å². The molecule has 0 N–H and O–H groups in total. The van der Waals surface area contributed by atoms with Gasteiger partial charge >= 0.3 is 12.1 Å². The standard InChI is InChI=1S/C15H17NO4/c1-19-14(17)12-8-4-3-7-11(12)13-9-5-6-10-16(13)15(18)20-2/h3-4,6-8,10,13H,5,9H2,1-2H3. The van der Waals surface area contributed by atoms with Crippen molar-refractivity contribution in [3.8, 4) is 0 Å². The summed E-state index contributed by atoms with van der Waals surface area (Å²) in [6.07, 6.45) is 4.75. The molecule has 0 bridgehead atoms. The molecule has 1 aromatic carbocycles. The summed E-state index contributed by atoms with van der Waals surface area (Å²) >= 11 is 0. The summed E-state index contributed by atoms with van der Waals surface area (Å²) < 4.78 is 9.59. The topological polar surface area (TPSA) is 55.8 Å². The van der Waals surface area contributed by atoms with Crippen LogP contribution in [0.2, 0.25) is 0 Å². The quantitative estimate of drug-likeness (QED) is 0.779. The number of ether oxygens (including phenoxy) is 2. The lowest BCUT2D eigenvalue weighted by Crippen LogP contribution is -2.32. The van der Waals surface area contributed by atoms with Gasteiger partial charge in [-0.3, -0.25) is 4.90 Å². The molecule has 1 aliphatic rings. The Hall–Kier alpha value is -2.30. The molecule has 1 heterocycles. The molecular weight excluding hydrogens is 258 g/mol. The third-order valence-electron chi connectivity index (χ3n) is 3.32. The highest BCUT2D eigenvalue weighted by Gasteiger charge is 2.29. The molecule has 0 spiro atoms. The molecular formula is C15H17NO4. The van der Waals surface area contributed by atoms with E-state index in [4.69, 9.17) is 9.47 Å². The zero-order chi connectivity index (χ0) is 14.5. The number of carbonyl (C=O) groups excluding carboxylic acids is 2. The van der Waals surface area contributed by atoms with Gasteiger partial charge in [-0.2, -0.15) is 0 Å². The van der Waals surface area contributed by atoms with Crippen LogP contribution >= 0.6 is 0 Å². The SMILES string of the molecule is COC(=O)c1ccccc1C1CCC=CN1C(=O)OC. The number of amides is 1. The fourth-order valence-corrected chi connectivity index (χ4v) is 2.37. The minimum absolute atomic E-state index is 0.220. The summed E-state index contributed by atoms with van der Waals surface area (Å²) in [5.41, 5.74) is 1.25. The molecule has 0 aliphatic carbocycles. The smallest absolute Gasteiger partial charge is 0.414 e. The molecule has 2 rings (SSSR count). The molecule has 0 aromatic heterocycles. The largest absolute Gasteiger partial charge is 0.465 e. The monoisotopic (exact) mass is 275 g/mol. The van der Waals surface area contributed by atoms with Crippen molar-refractivity contribution in [2.75, 3.05) is 14.2 Å². The van der Waals surface area contributed by atoms with E-state index in [1.54, 1.807) is 18.3 Å². The van der Waals surface area contributed by atoms with Crippen LogP contribution in [0.15, 0.2) is 36.5 Å². The minimum Gasteiger partial charge on any atom is -0.465 e. The maximum atomic E-state index is 11.8. The van der Waals surface area contributed by atoms with E-state index in [2.05, 4.69) is 0 Å². The van der Waals surface area contributed by atoms with Crippen molar-refractivity contribution < 1.29 is 19.1 Å². The minimum atomic E-state index is -0.439. The van der Waals surface area contributed by atoms with E-state index in [1.807, 2.05) is 18.2 Å². The summed E-state index contributed by atoms with van der Waals surface area (Å²) in [7, 11) is 2.69. The van der Waals surface area contributed by atoms with Crippen molar-refractivity contribution in [1.82, 2.24) is 4.90 Å². The summed E-state index contributed by atoms with van der Waals surface area (Å²) in [5, 5.41) is 0. The average Bonchev–Trinajstić information content (AvgIpc) is 2.53. The molecule has 5 nitrogen and oxygen atoms in total. The third kappa shape index (κ3) is 2.66. The number of allylic oxidation sites excluding steroid dienone is 1. The van der Waals surface area contributed by atoms with Gasteiger partial charge in [0.05, 0.1) is 25.8 Å². The predicted octanol–water partition coefficient (Wildman–Crippen LogP) is 2.89. The summed E-state index contributed by atoms with van der Waals surface area (Å²) in [6, 6.07) is 6.94. The second-order valence-corrected chi connectivity index (χ2v) is 4.43. The summed E-state index contributed by atoms with van der Waals surface area (Å²) in [6.45, 7) is 0. The molecule has 1 atom stereocenters. The number of rotatable bonds is 2. The fraction of sp³-hybridized carbons (Fsp3) is 0.333. The van der Waals surface area contributed by atoms with Crippen LogP contribution in [0.4, 0.5) is 4.79 Å². The van der Waals surface area contributed by atoms with Crippen molar-refractivity contribution in [2.24, 2.45) is 0 Å². The summed E-state index contributed by atoms with van der Waals surface area (Å²) in [5.74, 6) is -0.403. The number of hydrogen-bond donors (Lipinski definition) is 0. The number of hydrogen-bond acceptors (Lipinski definition) is 4. The molecule has 0 saturated carbocycles. The van der Waals surface area contributed by atoms with Gasteiger partial charge in [-0.1, -0.05) is 24.3 Å². The first-order chi connectivity index (χ1) is 9.69. The zero-order valence-corrected chi connectivity index (χ0v) is 11.5. The van der Waals surface area contributed by atoms with Crippen molar-refractivity contribution >= 4 is 12.1 Å². The van der Waals surface area contributed by atoms with E-state index in [0.29, 0.717) is 5.56 Å². The Bertz CT molecular complexity index is 538. The van der Waals surface area contributed by atoms with Crippen LogP contribution in [-0.2, 0) is 9.47 Å². The van der Waals surface area contributed by atoms with Crippen LogP contribution in [0.3, 0.4) is 0 Å². The predicted molar refractivity (Wildman–Crippen MR) is 73.1 cm³/mol. The number of methoxy groups -OCH3 is 2. The van der Waals surface area contributed by atoms with Crippen molar-refractivity contribution in [3.05, 3.63) is 47.7 Å². The third-order valence-corrected chi connectivity index (χ3v) is 3.32. The summed E-state index contributed by atoms with van der Waals surface area (Å²) in [4.78, 5) is 25.2. The van der Waals surface area contributed by atoms with Gasteiger partial charge in [-0.05, 0) is 24.5 Å². The van der Waals surface area contributed by atoms with Crippen molar-refractivity contribution in [1.29, 1.82) is 0 Å². The lowest BCUT2D eigenvalue weighted by Gasteiger charge is -2.31. The average molecular weight is 275 g/mol. The Labute approximate surface area is 117 Å². The Balaban J connectivity index is 2.41. The van der Waals surface area contributed by atoms with Gasteiger partial charge in [0.2, 0.25) is 0 Å². The Kier molecular flexibility index (Phi) is 4.40. The van der Waals surface area contributed by atoms with Crippen molar-refractivity contribution in [2.45, 2.75) is 18.9 Å². The first-order valence-electron chi connectivity index (χ1n) is 6.39. The second-order valence-electron chi connectivity index (χ2n) is 4.43. The molecule has 106 valence electrons. The van der Waals surface area contributed by atoms with E-state index in [0.717, 1.165) is 18.4 Å². The van der Waals surface area contributed by atoms with Gasteiger partial charge in [0.15, 0.2) is 0 Å². The molecule has 5 heteroatoms. The Morgan fingerprint density at radius 1 is 1.20 bits per heavy atom. The van der Waals surface area contributed by atoms with E-state index < -0.39 is 12.1 Å². The Morgan fingerprint density at radius 3 is 2.65 bits per heavy atom. The first kappa shape index (κ1) is 14.1. The zero-order valence-electron chi connectivity index (χ0n) is 11.5. The molecule has 0 fully saturated rings. The van der Waals surface area contributed by atoms with Gasteiger partial charge in [-0.25, -0.2) is 9.59 Å². The number of esters is 1. The van der Waals surface area contributed by atoms with Gasteiger partial charge in [-0.15, -0.1) is 0 Å².